The van der Waals surface area contributed by atoms with Gasteiger partial charge >= 0.3 is 6.18 Å². The van der Waals surface area contributed by atoms with E-state index >= 15 is 0 Å². The number of aliphatic hydroxyl groups excluding tert-OH is 1. The number of hydrogen-bond donors (Lipinski definition) is 7. The van der Waals surface area contributed by atoms with Crippen LogP contribution in [0.2, 0.25) is 0 Å². The van der Waals surface area contributed by atoms with Crippen molar-refractivity contribution < 1.29 is 50.7 Å². The van der Waals surface area contributed by atoms with Crippen LogP contribution in [0.25, 0.3) is 55.2 Å². The first-order valence-corrected chi connectivity index (χ1v) is 35.7. The van der Waals surface area contributed by atoms with Crippen LogP contribution in [0.1, 0.15) is 117 Å². The Balaban J connectivity index is 0.000000110. The standard InChI is InChI=1S/C15H12FN7O.C15H13N7O2.C14H11F3N6O.C14H13FN6O2.C14H11N7O/c16-9-4-10(5-9)23-14-12(13(18)20-7-21-14)15(22-23)24-11-3-8(6-17)1-2-19-11;16-6-8-1-2-18-11(3-8)24-15-12-13(17)19-7-20-14(12)22(21-15)9-4-10(23)5-9;15-14(16,17)7-3-4-19-9(5-7)24-13-10-11(18)20-6-21-12(10)23(22-13)8-1-2-8;15-7-3-8(4-7)21-13-11(12(16)18-6-19-13)14(20-21)23-10-5-9(22)1-2-17-10;15-6-8-3-4-17-10(5-8)22-14-11-12(16)18-7-19-13(11)21(20-14)9-1-2-9/h1-3,7,9-10H,4-5H2,(H2,18,20,21);1-3,7,9-10,23H,4-5H2,(H2,17,19,20);3-6,8H,1-2H2,(H2,18,20,21);1-2,5-8H,3-4H2,(H,17,22)(H2,16,18,19);3-5,7,9H,1-2H2,(H2,16,18,19). The highest BCUT2D eigenvalue weighted by atomic mass is 19.4. The minimum Gasteiger partial charge on any atom is -0.420 e. The van der Waals surface area contributed by atoms with Gasteiger partial charge in [0, 0.05) is 93.1 Å². The number of fused-ring (bicyclic) bond motifs is 5. The average molecular weight is 1590 g/mol. The molecule has 0 atom stereocenters. The number of pyridine rings is 5. The molecule has 20 rings (SSSR count). The van der Waals surface area contributed by atoms with Crippen LogP contribution in [0.5, 0.6) is 58.8 Å². The molecule has 45 heteroatoms. The molecular weight excluding hydrogens is 1530 g/mol. The number of nitrogen functional groups attached to an aromatic ring is 5. The molecule has 0 bridgehead atoms. The fourth-order valence-corrected chi connectivity index (χ4v) is 12.5. The van der Waals surface area contributed by atoms with Crippen molar-refractivity contribution in [1.82, 2.24) is 124 Å². The number of halogens is 5. The van der Waals surface area contributed by atoms with E-state index < -0.39 is 24.1 Å². The van der Waals surface area contributed by atoms with E-state index in [1.807, 2.05) is 22.9 Å². The Morgan fingerprint density at radius 3 is 0.991 bits per heavy atom. The third kappa shape index (κ3) is 16.0. The number of alkyl halides is 5. The summed E-state index contributed by atoms with van der Waals surface area (Å²) >= 11 is 0. The van der Waals surface area contributed by atoms with Crippen LogP contribution in [-0.2, 0) is 6.18 Å². The lowest BCUT2D eigenvalue weighted by Gasteiger charge is -2.31. The van der Waals surface area contributed by atoms with Crippen molar-refractivity contribution in [2.45, 2.75) is 119 Å². The largest absolute Gasteiger partial charge is 0.420 e. The minimum absolute atomic E-state index is 0.0348. The number of nitrogens with two attached hydrogens (primary N) is 5. The lowest BCUT2D eigenvalue weighted by Crippen LogP contribution is -2.31. The van der Waals surface area contributed by atoms with Crippen LogP contribution in [0, 0.1) is 34.0 Å². The quantitative estimate of drug-likeness (QED) is 0.0469. The van der Waals surface area contributed by atoms with Crippen molar-refractivity contribution in [3.63, 3.8) is 0 Å². The van der Waals surface area contributed by atoms with E-state index in [0.29, 0.717) is 128 Å². The number of aromatic amines is 1. The minimum atomic E-state index is -4.49. The number of ether oxygens (including phenoxy) is 5. The van der Waals surface area contributed by atoms with Gasteiger partial charge in [-0.3, -0.25) is 4.79 Å². The molecule has 5 fully saturated rings. The molecule has 590 valence electrons. The molecule has 15 heterocycles. The summed E-state index contributed by atoms with van der Waals surface area (Å²) in [7, 11) is 0. The fraction of sp³-hybridized carbons (Fsp3) is 0.264. The number of hydrogen-bond acceptors (Lipinski definition) is 34. The highest BCUT2D eigenvalue weighted by Crippen LogP contribution is 2.46. The summed E-state index contributed by atoms with van der Waals surface area (Å²) in [5, 5.41) is 60.6. The van der Waals surface area contributed by atoms with Crippen molar-refractivity contribution in [3.8, 4) is 77.0 Å². The highest BCUT2D eigenvalue weighted by molar-refractivity contribution is 5.94. The molecule has 5 aliphatic rings. The van der Waals surface area contributed by atoms with Crippen molar-refractivity contribution in [2.24, 2.45) is 0 Å². The molecule has 15 aromatic rings. The summed E-state index contributed by atoms with van der Waals surface area (Å²) in [6.45, 7) is 0. The van der Waals surface area contributed by atoms with Gasteiger partial charge in [0.1, 0.15) is 100 Å². The Morgan fingerprint density at radius 1 is 0.402 bits per heavy atom. The summed E-state index contributed by atoms with van der Waals surface area (Å²) in [5.74, 6) is 2.81. The third-order valence-corrected chi connectivity index (χ3v) is 18.9. The smallest absolute Gasteiger partial charge is 0.416 e. The summed E-state index contributed by atoms with van der Waals surface area (Å²) in [5.41, 5.74) is 32.5. The molecule has 0 unspecified atom stereocenters. The summed E-state index contributed by atoms with van der Waals surface area (Å²) < 4.78 is 101. The van der Waals surface area contributed by atoms with Crippen molar-refractivity contribution in [2.75, 3.05) is 28.7 Å². The molecule has 0 aliphatic heterocycles. The first-order valence-electron chi connectivity index (χ1n) is 35.7. The fourth-order valence-electron chi connectivity index (χ4n) is 12.5. The molecule has 0 aromatic carbocycles. The van der Waals surface area contributed by atoms with Crippen LogP contribution >= 0.6 is 0 Å². The lowest BCUT2D eigenvalue weighted by molar-refractivity contribution is -0.137. The first-order chi connectivity index (χ1) is 56.6. The third-order valence-electron chi connectivity index (χ3n) is 18.9. The molecule has 0 radical (unpaired) electrons. The first kappa shape index (κ1) is 75.4. The second kappa shape index (κ2) is 31.5. The van der Waals surface area contributed by atoms with Gasteiger partial charge in [-0.1, -0.05) is 0 Å². The number of nitrogens with zero attached hydrogens (tertiary/aromatic N) is 27. The van der Waals surface area contributed by atoms with E-state index in [4.69, 9.17) is 68.1 Å². The highest BCUT2D eigenvalue weighted by Gasteiger charge is 2.38. The number of nitrogens with one attached hydrogen (secondary N) is 1. The molecule has 12 N–H and O–H groups in total. The molecule has 5 aliphatic carbocycles. The number of H-pyrrole nitrogens is 1. The molecule has 117 heavy (non-hydrogen) atoms. The van der Waals surface area contributed by atoms with E-state index in [2.05, 4.69) is 100 Å². The van der Waals surface area contributed by atoms with Gasteiger partial charge in [-0.05, 0) is 62.8 Å². The maximum atomic E-state index is 13.2. The van der Waals surface area contributed by atoms with Crippen molar-refractivity contribution in [1.29, 1.82) is 15.8 Å². The number of aliphatic hydroxyl groups is 1. The number of aromatic nitrogens is 25. The second-order valence-electron chi connectivity index (χ2n) is 27.0. The zero-order valence-electron chi connectivity index (χ0n) is 60.5. The maximum absolute atomic E-state index is 13.2. The monoisotopic (exact) mass is 1590 g/mol. The summed E-state index contributed by atoms with van der Waals surface area (Å²) in [4.78, 5) is 71.0. The summed E-state index contributed by atoms with van der Waals surface area (Å²) in [6, 6.07) is 20.1. The van der Waals surface area contributed by atoms with Gasteiger partial charge in [0.2, 0.25) is 29.4 Å². The Kier molecular flexibility index (Phi) is 20.3. The van der Waals surface area contributed by atoms with E-state index in [0.717, 1.165) is 44.0 Å². The van der Waals surface area contributed by atoms with Gasteiger partial charge in [0.25, 0.3) is 29.4 Å². The Morgan fingerprint density at radius 2 is 0.701 bits per heavy atom. The topological polar surface area (TPSA) is 570 Å². The number of rotatable bonds is 15. The van der Waals surface area contributed by atoms with Crippen LogP contribution in [0.4, 0.5) is 51.0 Å². The molecule has 0 amide bonds. The second-order valence-corrected chi connectivity index (χ2v) is 27.0. The van der Waals surface area contributed by atoms with E-state index in [9.17, 15) is 31.9 Å². The van der Waals surface area contributed by atoms with E-state index in [1.54, 1.807) is 43.0 Å². The maximum Gasteiger partial charge on any atom is 0.416 e. The van der Waals surface area contributed by atoms with Crippen LogP contribution in [0.15, 0.2) is 128 Å². The van der Waals surface area contributed by atoms with Gasteiger partial charge < -0.3 is 62.4 Å². The zero-order valence-corrected chi connectivity index (χ0v) is 60.5. The molecule has 15 aromatic heterocycles. The van der Waals surface area contributed by atoms with Gasteiger partial charge in [-0.15, -0.1) is 25.5 Å². The van der Waals surface area contributed by atoms with Gasteiger partial charge in [0.05, 0.1) is 76.8 Å². The molecule has 40 nitrogen and oxygen atoms in total. The number of anilines is 5. The lowest BCUT2D eigenvalue weighted by atomic mass is 9.90. The predicted octanol–water partition coefficient (Wildman–Crippen LogP) is 9.62. The van der Waals surface area contributed by atoms with Gasteiger partial charge in [-0.25, -0.2) is 102 Å². The van der Waals surface area contributed by atoms with Crippen molar-refractivity contribution >= 4 is 84.3 Å². The van der Waals surface area contributed by atoms with Crippen LogP contribution in [-0.4, -0.2) is 147 Å². The Hall–Kier alpha value is -15.6. The zero-order chi connectivity index (χ0) is 81.3. The van der Waals surface area contributed by atoms with Gasteiger partial charge in [0.15, 0.2) is 33.7 Å². The number of nitriles is 3. The molecule has 0 spiro atoms. The molecule has 0 saturated heterocycles. The van der Waals surface area contributed by atoms with E-state index in [-0.39, 0.29) is 112 Å². The van der Waals surface area contributed by atoms with Crippen LogP contribution in [0.3, 0.4) is 0 Å². The summed E-state index contributed by atoms with van der Waals surface area (Å²) in [6.07, 6.45) is 13.9. The molecule has 5 saturated carbocycles. The van der Waals surface area contributed by atoms with Crippen molar-refractivity contribution in [3.05, 3.63) is 156 Å². The average Bonchev–Trinajstić information content (AvgIpc) is 1.64. The van der Waals surface area contributed by atoms with Crippen LogP contribution < -0.4 is 57.8 Å². The SMILES string of the molecule is N#Cc1ccnc(Oc2nn(C3CC(F)C3)c3ncnc(N)c23)c1.N#Cc1ccnc(Oc2nn(C3CC(O)C3)c3ncnc(N)c23)c1.N#Cc1ccnc(Oc2nn(C3CC3)c3ncnc(N)c23)c1.Nc1ncnc2c1c(Oc1cc(=O)cc[nH]1)nn2C1CC(F)C1.Nc1ncnc2c1c(Oc1cc(C(F)(F)F)ccn1)nn2C1CC1. The molecular formula is C72H60F5N33O7. The normalized spacial score (nSPS) is 17.8. The van der Waals surface area contributed by atoms with Gasteiger partial charge in [-0.2, -0.15) is 29.0 Å². The predicted molar refractivity (Wildman–Crippen MR) is 399 cm³/mol. The Labute approximate surface area is 652 Å². The van der Waals surface area contributed by atoms with E-state index in [1.165, 1.54) is 80.7 Å². The Bertz CT molecular complexity index is 6310.